The number of hydrogen-bond donors (Lipinski definition) is 1. The molecule has 3 rings (SSSR count). The van der Waals surface area contributed by atoms with Gasteiger partial charge in [0, 0.05) is 0 Å². The van der Waals surface area contributed by atoms with Crippen molar-refractivity contribution >= 4 is 33.0 Å². The molecule has 0 aliphatic carbocycles. The third-order valence-corrected chi connectivity index (χ3v) is 6.08. The number of benzene rings is 1. The Labute approximate surface area is 167 Å². The fourth-order valence-corrected chi connectivity index (χ4v) is 4.53. The van der Waals surface area contributed by atoms with Gasteiger partial charge >= 0.3 is 0 Å². The van der Waals surface area contributed by atoms with Crippen molar-refractivity contribution in [1.29, 1.82) is 0 Å². The van der Waals surface area contributed by atoms with E-state index in [1.54, 1.807) is 18.2 Å². The molecule has 2 heterocycles. The van der Waals surface area contributed by atoms with Crippen molar-refractivity contribution in [2.75, 3.05) is 10.6 Å². The molecule has 2 aromatic heterocycles. The zero-order valence-electron chi connectivity index (χ0n) is 15.6. The van der Waals surface area contributed by atoms with Crippen LogP contribution in [0.15, 0.2) is 46.3 Å². The molecule has 8 nitrogen and oxygen atoms in total. The molecule has 0 saturated heterocycles. The molecule has 1 aromatic carbocycles. The predicted molar refractivity (Wildman–Crippen MR) is 107 cm³/mol. The summed E-state index contributed by atoms with van der Waals surface area (Å²) in [4.78, 5) is 17.7. The number of rotatable bonds is 7. The molecular formula is C18H20N4O4S2. The highest BCUT2D eigenvalue weighted by molar-refractivity contribution is 7.92. The van der Waals surface area contributed by atoms with Crippen molar-refractivity contribution in [3.8, 4) is 10.7 Å². The fourth-order valence-electron chi connectivity index (χ4n) is 2.72. The number of hydrogen-bond acceptors (Lipinski definition) is 7. The highest BCUT2D eigenvalue weighted by Crippen LogP contribution is 2.23. The molecule has 1 amide bonds. The van der Waals surface area contributed by atoms with Crippen LogP contribution in [0.3, 0.4) is 0 Å². The van der Waals surface area contributed by atoms with E-state index in [1.165, 1.54) is 18.3 Å². The van der Waals surface area contributed by atoms with Crippen molar-refractivity contribution in [2.24, 2.45) is 0 Å². The van der Waals surface area contributed by atoms with E-state index in [9.17, 15) is 13.2 Å². The number of nitrogens with one attached hydrogen (secondary N) is 1. The average Bonchev–Trinajstić information content (AvgIpc) is 3.30. The van der Waals surface area contributed by atoms with Crippen LogP contribution in [0.2, 0.25) is 0 Å². The lowest BCUT2D eigenvalue weighted by Gasteiger charge is -2.28. The molecule has 1 N–H and O–H groups in total. The van der Waals surface area contributed by atoms with Gasteiger partial charge in [-0.1, -0.05) is 23.4 Å². The molecule has 0 aliphatic heterocycles. The molecule has 1 atom stereocenters. The maximum Gasteiger partial charge on any atom is 0.246 e. The highest BCUT2D eigenvalue weighted by Gasteiger charge is 2.29. The zero-order valence-corrected chi connectivity index (χ0v) is 17.3. The molecular weight excluding hydrogens is 400 g/mol. The Morgan fingerprint density at radius 1 is 1.32 bits per heavy atom. The smallest absolute Gasteiger partial charge is 0.246 e. The van der Waals surface area contributed by atoms with Gasteiger partial charge in [0.1, 0.15) is 6.04 Å². The van der Waals surface area contributed by atoms with Gasteiger partial charge in [0.2, 0.25) is 27.6 Å². The van der Waals surface area contributed by atoms with Gasteiger partial charge in [-0.3, -0.25) is 9.10 Å². The monoisotopic (exact) mass is 420 g/mol. The molecule has 0 fully saturated rings. The number of anilines is 1. The predicted octanol–water partition coefficient (Wildman–Crippen LogP) is 2.58. The first-order valence-electron chi connectivity index (χ1n) is 8.46. The van der Waals surface area contributed by atoms with Crippen LogP contribution >= 0.6 is 11.3 Å². The Balaban J connectivity index is 1.71. The number of nitrogens with zero attached hydrogens (tertiary/aromatic N) is 3. The fraction of sp³-hybridized carbons (Fsp3) is 0.278. The second kappa shape index (κ2) is 8.11. The van der Waals surface area contributed by atoms with Gasteiger partial charge in [0.25, 0.3) is 0 Å². The molecule has 0 spiro atoms. The van der Waals surface area contributed by atoms with Crippen molar-refractivity contribution < 1.29 is 17.7 Å². The maximum absolute atomic E-state index is 12.6. The van der Waals surface area contributed by atoms with E-state index in [-0.39, 0.29) is 12.4 Å². The van der Waals surface area contributed by atoms with Crippen LogP contribution in [0.1, 0.15) is 18.4 Å². The summed E-state index contributed by atoms with van der Waals surface area (Å²) in [6.07, 6.45) is 1.07. The van der Waals surface area contributed by atoms with E-state index in [1.807, 2.05) is 30.5 Å². The van der Waals surface area contributed by atoms with Crippen LogP contribution in [0, 0.1) is 6.92 Å². The number of carbonyl (C=O) groups excluding carboxylic acids is 1. The molecule has 0 radical (unpaired) electrons. The summed E-state index contributed by atoms with van der Waals surface area (Å²) in [5.41, 5.74) is 1.33. The average molecular weight is 421 g/mol. The van der Waals surface area contributed by atoms with Gasteiger partial charge in [-0.2, -0.15) is 4.98 Å². The van der Waals surface area contributed by atoms with Crippen LogP contribution in [-0.4, -0.2) is 36.8 Å². The Kier molecular flexibility index (Phi) is 5.80. The number of aromatic nitrogens is 2. The van der Waals surface area contributed by atoms with Crippen molar-refractivity contribution in [3.05, 3.63) is 53.2 Å². The third-order valence-electron chi connectivity index (χ3n) is 3.97. The number of aryl methyl sites for hydroxylation is 1. The lowest BCUT2D eigenvalue weighted by Crippen LogP contribution is -2.47. The molecule has 0 bridgehead atoms. The van der Waals surface area contributed by atoms with Gasteiger partial charge in [-0.05, 0) is 43.0 Å². The summed E-state index contributed by atoms with van der Waals surface area (Å²) >= 11 is 1.48. The second-order valence-corrected chi connectivity index (χ2v) is 9.09. The summed E-state index contributed by atoms with van der Waals surface area (Å²) in [7, 11) is -3.66. The molecule has 148 valence electrons. The van der Waals surface area contributed by atoms with Crippen molar-refractivity contribution in [1.82, 2.24) is 15.5 Å². The molecule has 3 aromatic rings. The largest absolute Gasteiger partial charge is 0.345 e. The maximum atomic E-state index is 12.6. The Bertz CT molecular complexity index is 1060. The van der Waals surface area contributed by atoms with Crippen molar-refractivity contribution in [3.63, 3.8) is 0 Å². The van der Waals surface area contributed by atoms with Gasteiger partial charge < -0.3 is 9.84 Å². The quantitative estimate of drug-likeness (QED) is 0.630. The summed E-state index contributed by atoms with van der Waals surface area (Å²) < 4.78 is 30.9. The Morgan fingerprint density at radius 2 is 2.11 bits per heavy atom. The SMILES string of the molecule is Cc1cccc(N(C(C)C(=O)NCc2nc(-c3cccs3)no2)S(C)(=O)=O)c1. The van der Waals surface area contributed by atoms with Crippen LogP contribution in [0.4, 0.5) is 5.69 Å². The van der Waals surface area contributed by atoms with Crippen molar-refractivity contribution in [2.45, 2.75) is 26.4 Å². The lowest BCUT2D eigenvalue weighted by atomic mass is 10.2. The summed E-state index contributed by atoms with van der Waals surface area (Å²) in [6, 6.07) is 9.78. The summed E-state index contributed by atoms with van der Waals surface area (Å²) in [5.74, 6) is 0.220. The third kappa shape index (κ3) is 4.57. The number of amides is 1. The standard InChI is InChI=1S/C18H20N4O4S2/c1-12-6-4-7-14(10-12)22(28(3,24)25)13(2)18(23)19-11-16-20-17(21-26-16)15-8-5-9-27-15/h4-10,13H,11H2,1-3H3,(H,19,23). The lowest BCUT2D eigenvalue weighted by molar-refractivity contribution is -0.122. The van der Waals surface area contributed by atoms with Gasteiger partial charge in [-0.15, -0.1) is 11.3 Å². The van der Waals surface area contributed by atoms with Crippen LogP contribution < -0.4 is 9.62 Å². The minimum atomic E-state index is -3.66. The Morgan fingerprint density at radius 3 is 2.75 bits per heavy atom. The van der Waals surface area contributed by atoms with E-state index < -0.39 is 22.0 Å². The van der Waals surface area contributed by atoms with E-state index in [4.69, 9.17) is 4.52 Å². The first kappa shape index (κ1) is 20.0. The van der Waals surface area contributed by atoms with Gasteiger partial charge in [-0.25, -0.2) is 8.42 Å². The first-order valence-corrected chi connectivity index (χ1v) is 11.2. The normalized spacial score (nSPS) is 12.5. The van der Waals surface area contributed by atoms with Gasteiger partial charge in [0.15, 0.2) is 0 Å². The highest BCUT2D eigenvalue weighted by atomic mass is 32.2. The minimum Gasteiger partial charge on any atom is -0.345 e. The molecule has 1 unspecified atom stereocenters. The molecule has 28 heavy (non-hydrogen) atoms. The van der Waals surface area contributed by atoms with Crippen LogP contribution in [-0.2, 0) is 21.4 Å². The van der Waals surface area contributed by atoms with E-state index >= 15 is 0 Å². The molecule has 10 heteroatoms. The minimum absolute atomic E-state index is 0.00691. The van der Waals surface area contributed by atoms with Gasteiger partial charge in [0.05, 0.1) is 23.4 Å². The second-order valence-electron chi connectivity index (χ2n) is 6.28. The topological polar surface area (TPSA) is 105 Å². The van der Waals surface area contributed by atoms with Crippen LogP contribution in [0.5, 0.6) is 0 Å². The van der Waals surface area contributed by atoms with Crippen LogP contribution in [0.25, 0.3) is 10.7 Å². The number of carbonyl (C=O) groups is 1. The zero-order chi connectivity index (χ0) is 20.3. The van der Waals surface area contributed by atoms with E-state index in [0.29, 0.717) is 11.5 Å². The first-order chi connectivity index (χ1) is 13.3. The summed E-state index contributed by atoms with van der Waals surface area (Å²) in [6.45, 7) is 3.39. The number of sulfonamides is 1. The summed E-state index contributed by atoms with van der Waals surface area (Å²) in [5, 5.41) is 8.44. The molecule has 0 saturated carbocycles. The van der Waals surface area contributed by atoms with E-state index in [2.05, 4.69) is 15.5 Å². The Hall–Kier alpha value is -2.72. The molecule has 0 aliphatic rings. The number of thiophene rings is 1. The van der Waals surface area contributed by atoms with E-state index in [0.717, 1.165) is 21.0 Å².